The van der Waals surface area contributed by atoms with Crippen LogP contribution in [-0.4, -0.2) is 19.0 Å². The zero-order chi connectivity index (χ0) is 14.7. The molecule has 1 aromatic carbocycles. The molecule has 0 radical (unpaired) electrons. The number of hydrogen-bond donors (Lipinski definition) is 1. The fourth-order valence-corrected chi connectivity index (χ4v) is 3.02. The Labute approximate surface area is 153 Å². The minimum Gasteiger partial charge on any atom is -0.550 e. The quantitative estimate of drug-likeness (QED) is 0.665. The van der Waals surface area contributed by atoms with Crippen LogP contribution in [0.15, 0.2) is 22.7 Å². The molecule has 108 valence electrons. The first-order valence-electron chi connectivity index (χ1n) is 6.37. The molecule has 0 spiro atoms. The summed E-state index contributed by atoms with van der Waals surface area (Å²) in [6.07, 6.45) is 1.82. The van der Waals surface area contributed by atoms with Gasteiger partial charge in [-0.2, -0.15) is 0 Å². The number of carboxylic acid groups (broad SMARTS) is 1. The molecule has 1 aromatic rings. The molecule has 0 aromatic heterocycles. The Balaban J connectivity index is 0.00000220. The third kappa shape index (κ3) is 4.71. The van der Waals surface area contributed by atoms with Crippen LogP contribution in [0.2, 0.25) is 0 Å². The average Bonchev–Trinajstić information content (AvgIpc) is 2.87. The van der Waals surface area contributed by atoms with Gasteiger partial charge in [0.1, 0.15) is 5.75 Å². The summed E-state index contributed by atoms with van der Waals surface area (Å²) in [6.45, 7) is 0. The molecule has 0 aliphatic heterocycles. The number of rotatable bonds is 4. The van der Waals surface area contributed by atoms with Gasteiger partial charge in [0, 0.05) is 34.0 Å². The summed E-state index contributed by atoms with van der Waals surface area (Å²) in [6, 6.07) is 5.20. The maximum Gasteiger partial charge on any atom is 1.00 e. The van der Waals surface area contributed by atoms with Crippen LogP contribution in [0.25, 0.3) is 0 Å². The van der Waals surface area contributed by atoms with Crippen molar-refractivity contribution in [2.24, 2.45) is 11.8 Å². The third-order valence-corrected chi connectivity index (χ3v) is 3.99. The SMILES string of the molecule is COc1cc(Br)cc(NC(=O)C2CCCC2C(=O)[O-])c1.[Na+]. The fourth-order valence-electron chi connectivity index (χ4n) is 2.54. The second kappa shape index (κ2) is 8.17. The van der Waals surface area contributed by atoms with Gasteiger partial charge in [-0.25, -0.2) is 0 Å². The Morgan fingerprint density at radius 3 is 2.57 bits per heavy atom. The maximum absolute atomic E-state index is 12.2. The van der Waals surface area contributed by atoms with E-state index in [1.807, 2.05) is 0 Å². The van der Waals surface area contributed by atoms with Gasteiger partial charge in [0.15, 0.2) is 0 Å². The number of anilines is 1. The number of methoxy groups -OCH3 is 1. The van der Waals surface area contributed by atoms with E-state index < -0.39 is 17.8 Å². The van der Waals surface area contributed by atoms with Crippen LogP contribution < -0.4 is 44.7 Å². The van der Waals surface area contributed by atoms with Crippen molar-refractivity contribution in [3.63, 3.8) is 0 Å². The molecule has 5 nitrogen and oxygen atoms in total. The number of ether oxygens (including phenoxy) is 1. The second-order valence-electron chi connectivity index (χ2n) is 4.83. The standard InChI is InChI=1S/C14H16BrNO4.Na/c1-20-10-6-8(15)5-9(7-10)16-13(17)11-3-2-4-12(11)14(18)19;/h5-7,11-12H,2-4H2,1H3,(H,16,17)(H,18,19);/q;+1/p-1. The Bertz CT molecular complexity index is 538. The van der Waals surface area contributed by atoms with Gasteiger partial charge in [-0.15, -0.1) is 0 Å². The number of amides is 1. The van der Waals surface area contributed by atoms with Crippen molar-refractivity contribution in [1.29, 1.82) is 0 Å². The van der Waals surface area contributed by atoms with E-state index in [9.17, 15) is 14.7 Å². The number of benzene rings is 1. The van der Waals surface area contributed by atoms with Crippen molar-refractivity contribution in [3.8, 4) is 5.75 Å². The van der Waals surface area contributed by atoms with Crippen molar-refractivity contribution in [2.45, 2.75) is 19.3 Å². The molecule has 0 saturated heterocycles. The van der Waals surface area contributed by atoms with Gasteiger partial charge in [0.05, 0.1) is 7.11 Å². The molecule has 1 aliphatic rings. The summed E-state index contributed by atoms with van der Waals surface area (Å²) in [4.78, 5) is 23.2. The molecule has 1 amide bonds. The molecular weight excluding hydrogens is 349 g/mol. The summed E-state index contributed by atoms with van der Waals surface area (Å²) < 4.78 is 5.89. The van der Waals surface area contributed by atoms with Gasteiger partial charge in [0.2, 0.25) is 5.91 Å². The minimum atomic E-state index is -1.14. The molecule has 0 bridgehead atoms. The predicted octanol–water partition coefficient (Wildman–Crippen LogP) is -1.43. The molecule has 21 heavy (non-hydrogen) atoms. The van der Waals surface area contributed by atoms with Crippen LogP contribution in [0, 0.1) is 11.8 Å². The number of carboxylic acids is 1. The van der Waals surface area contributed by atoms with E-state index in [1.54, 1.807) is 18.2 Å². The van der Waals surface area contributed by atoms with Crippen LogP contribution in [0.5, 0.6) is 5.75 Å². The predicted molar refractivity (Wildman–Crippen MR) is 75.2 cm³/mol. The molecule has 1 N–H and O–H groups in total. The molecule has 2 unspecified atom stereocenters. The minimum absolute atomic E-state index is 0. The van der Waals surface area contributed by atoms with Gasteiger partial charge in [0.25, 0.3) is 0 Å². The van der Waals surface area contributed by atoms with E-state index in [4.69, 9.17) is 4.74 Å². The van der Waals surface area contributed by atoms with Crippen molar-refractivity contribution in [3.05, 3.63) is 22.7 Å². The van der Waals surface area contributed by atoms with Gasteiger partial charge in [-0.1, -0.05) is 22.4 Å². The van der Waals surface area contributed by atoms with E-state index in [-0.39, 0.29) is 35.5 Å². The van der Waals surface area contributed by atoms with Crippen LogP contribution in [0.4, 0.5) is 5.69 Å². The van der Waals surface area contributed by atoms with Gasteiger partial charge >= 0.3 is 29.6 Å². The second-order valence-corrected chi connectivity index (χ2v) is 5.75. The largest absolute Gasteiger partial charge is 1.00 e. The Hall–Kier alpha value is -0.560. The molecular formula is C14H15BrNNaO4. The maximum atomic E-state index is 12.2. The summed E-state index contributed by atoms with van der Waals surface area (Å²) in [5.41, 5.74) is 0.574. The number of carbonyl (C=O) groups excluding carboxylic acids is 2. The summed E-state index contributed by atoms with van der Waals surface area (Å²) >= 11 is 3.33. The Kier molecular flexibility index (Phi) is 7.20. The van der Waals surface area contributed by atoms with Crippen molar-refractivity contribution < 1.29 is 49.0 Å². The molecule has 2 atom stereocenters. The monoisotopic (exact) mass is 363 g/mol. The molecule has 1 fully saturated rings. The molecule has 7 heteroatoms. The summed E-state index contributed by atoms with van der Waals surface area (Å²) in [5, 5.41) is 13.7. The van der Waals surface area contributed by atoms with Gasteiger partial charge < -0.3 is 20.0 Å². The van der Waals surface area contributed by atoms with E-state index >= 15 is 0 Å². The average molecular weight is 364 g/mol. The molecule has 1 saturated carbocycles. The van der Waals surface area contributed by atoms with E-state index in [0.717, 1.165) is 10.9 Å². The fraction of sp³-hybridized carbons (Fsp3) is 0.429. The van der Waals surface area contributed by atoms with Crippen molar-refractivity contribution in [2.75, 3.05) is 12.4 Å². The number of hydrogen-bond acceptors (Lipinski definition) is 4. The van der Waals surface area contributed by atoms with Crippen LogP contribution in [0.1, 0.15) is 19.3 Å². The third-order valence-electron chi connectivity index (χ3n) is 3.53. The zero-order valence-corrected chi connectivity index (χ0v) is 15.6. The van der Waals surface area contributed by atoms with Gasteiger partial charge in [-0.05, 0) is 25.0 Å². The normalized spacial score (nSPS) is 20.5. The first-order chi connectivity index (χ1) is 9.51. The summed E-state index contributed by atoms with van der Waals surface area (Å²) in [5.74, 6) is -2.03. The number of aliphatic carboxylic acids is 1. The first-order valence-corrected chi connectivity index (χ1v) is 7.17. The van der Waals surface area contributed by atoms with Crippen LogP contribution in [-0.2, 0) is 9.59 Å². The van der Waals surface area contributed by atoms with Crippen LogP contribution in [0.3, 0.4) is 0 Å². The molecule has 0 heterocycles. The van der Waals surface area contributed by atoms with Crippen molar-refractivity contribution >= 4 is 33.5 Å². The number of halogens is 1. The van der Waals surface area contributed by atoms with Crippen LogP contribution >= 0.6 is 15.9 Å². The number of nitrogens with one attached hydrogen (secondary N) is 1. The Morgan fingerprint density at radius 2 is 1.95 bits per heavy atom. The van der Waals surface area contributed by atoms with E-state index in [0.29, 0.717) is 24.3 Å². The zero-order valence-electron chi connectivity index (χ0n) is 12.0. The Morgan fingerprint density at radius 1 is 1.29 bits per heavy atom. The number of carbonyl (C=O) groups is 2. The van der Waals surface area contributed by atoms with E-state index in [2.05, 4.69) is 21.2 Å². The first kappa shape index (κ1) is 18.5. The van der Waals surface area contributed by atoms with Crippen molar-refractivity contribution in [1.82, 2.24) is 0 Å². The smallest absolute Gasteiger partial charge is 0.550 e. The van der Waals surface area contributed by atoms with E-state index in [1.165, 1.54) is 7.11 Å². The molecule has 1 aliphatic carbocycles. The van der Waals surface area contributed by atoms with Gasteiger partial charge in [-0.3, -0.25) is 4.79 Å². The topological polar surface area (TPSA) is 78.5 Å². The molecule has 2 rings (SSSR count). The summed E-state index contributed by atoms with van der Waals surface area (Å²) in [7, 11) is 1.54.